The molecule has 0 aromatic carbocycles. The summed E-state index contributed by atoms with van der Waals surface area (Å²) in [7, 11) is 0. The summed E-state index contributed by atoms with van der Waals surface area (Å²) >= 11 is 0. The van der Waals surface area contributed by atoms with Crippen LogP contribution >= 0.6 is 0 Å². The minimum absolute atomic E-state index is 0. The topological polar surface area (TPSA) is 803 Å². The molecule has 0 aliphatic rings. The van der Waals surface area contributed by atoms with Crippen LogP contribution in [0.1, 0.15) is 0 Å². The van der Waals surface area contributed by atoms with Crippen molar-refractivity contribution in [1.82, 2.24) is 0 Å². The molecule has 0 N–H and O–H groups in total. The summed E-state index contributed by atoms with van der Waals surface area (Å²) in [5.74, 6) is -43.7. The third kappa shape index (κ3) is 204. The van der Waals surface area contributed by atoms with Gasteiger partial charge in [0, 0.05) is 0 Å². The van der Waals surface area contributed by atoms with Crippen LogP contribution in [0.5, 0.6) is 0 Å². The predicted octanol–water partition coefficient (Wildman–Crippen LogP) is -47.1. The van der Waals surface area contributed by atoms with Crippen LogP contribution in [-0.4, -0.2) is 119 Å². The fourth-order valence-corrected chi connectivity index (χ4v) is 0. The van der Waals surface area contributed by atoms with Crippen molar-refractivity contribution in [3.63, 3.8) is 0 Å². The molecule has 52 heteroatoms. The van der Waals surface area contributed by atoms with E-state index in [0.29, 0.717) is 0 Å². The van der Waals surface area contributed by atoms with Gasteiger partial charge in [0.15, 0.2) is 0 Å². The maximum absolute atomic E-state index is 8.93. The van der Waals surface area contributed by atoms with Gasteiger partial charge in [-0.2, -0.15) is 0 Å². The minimum atomic E-state index is -2.19. The first-order valence-corrected chi connectivity index (χ1v) is 10.7. The van der Waals surface area contributed by atoms with E-state index in [-0.39, 0.29) is 424 Å². The standard InChI is InChI=1S/10C2H2O4.8Cd.4K/c10*3-1(4)2(5)6;;;;;;;;;;;;/h10*(H,3,4)(H,5,6);;;;;;;;;;;;/q;;;;;;;;;;8*+2;4*+1/p-20. The molecule has 0 aromatic heterocycles. The van der Waals surface area contributed by atoms with Gasteiger partial charge in [-0.15, -0.1) is 0 Å². The smallest absolute Gasteiger partial charge is 0.543 e. The van der Waals surface area contributed by atoms with E-state index in [1.165, 1.54) is 0 Å². The van der Waals surface area contributed by atoms with Crippen LogP contribution in [-0.2, 0) is 314 Å². The second-order valence-electron chi connectivity index (χ2n) is 5.75. The van der Waals surface area contributed by atoms with Gasteiger partial charge in [0.2, 0.25) is 0 Å². The summed E-state index contributed by atoms with van der Waals surface area (Å²) in [6, 6.07) is 0. The predicted molar refractivity (Wildman–Crippen MR) is 100 cm³/mol. The van der Waals surface area contributed by atoms with Gasteiger partial charge >= 0.3 is 424 Å². The summed E-state index contributed by atoms with van der Waals surface area (Å²) < 4.78 is 0. The number of aliphatic carboxylic acids is 20. The van der Waals surface area contributed by atoms with Gasteiger partial charge in [0.1, 0.15) is 0 Å². The molecule has 0 radical (unpaired) electrons. The first-order chi connectivity index (χ1) is 26.4. The number of hydrogen-bond acceptors (Lipinski definition) is 40. The zero-order valence-corrected chi connectivity index (χ0v) is 80.8. The Bertz CT molecular complexity index is 1170. The molecule has 0 heterocycles. The van der Waals surface area contributed by atoms with Gasteiger partial charge in [-0.3, -0.25) is 0 Å². The van der Waals surface area contributed by atoms with Gasteiger partial charge < -0.3 is 198 Å². The maximum Gasteiger partial charge on any atom is 2.00 e. The first kappa shape index (κ1) is 146. The van der Waals surface area contributed by atoms with E-state index < -0.39 is 119 Å². The number of carboxylic acid groups (broad SMARTS) is 20. The number of carboxylic acids is 20. The van der Waals surface area contributed by atoms with Gasteiger partial charge in [0.05, 0.1) is 119 Å². The Labute approximate surface area is 724 Å². The third-order valence-electron chi connectivity index (χ3n) is 1.67. The molecule has 0 aromatic rings. The molecule has 72 heavy (non-hydrogen) atoms. The molecule has 0 amide bonds. The average Bonchev–Trinajstić information content (AvgIpc) is 3.06. The van der Waals surface area contributed by atoms with Crippen molar-refractivity contribution < 1.29 is 622 Å². The summed E-state index contributed by atoms with van der Waals surface area (Å²) in [5, 5.41) is 179. The molecule has 40 nitrogen and oxygen atoms in total. The van der Waals surface area contributed by atoms with E-state index in [1.54, 1.807) is 0 Å². The quantitative estimate of drug-likeness (QED) is 0.160. The molecule has 0 bridgehead atoms. The van der Waals surface area contributed by atoms with Crippen LogP contribution in [0.2, 0.25) is 0 Å². The van der Waals surface area contributed by atoms with Crippen molar-refractivity contribution >= 4 is 119 Å². The van der Waals surface area contributed by atoms with Crippen molar-refractivity contribution in [3.8, 4) is 0 Å². The number of carbonyl (C=O) groups excluding carboxylic acids is 20. The molecule has 0 saturated heterocycles. The largest absolute Gasteiger partial charge is 2.00 e. The summed E-state index contributed by atoms with van der Waals surface area (Å²) in [5.41, 5.74) is 0. The van der Waals surface area contributed by atoms with Crippen LogP contribution < -0.4 is 308 Å². The van der Waals surface area contributed by atoms with E-state index in [9.17, 15) is 0 Å². The number of rotatable bonds is 0. The van der Waals surface area contributed by atoms with Crippen molar-refractivity contribution in [2.24, 2.45) is 0 Å². The number of hydrogen-bond donors (Lipinski definition) is 0. The summed E-state index contributed by atoms with van der Waals surface area (Å²) in [6.07, 6.45) is 0. The Kier molecular flexibility index (Phi) is 203. The summed E-state index contributed by atoms with van der Waals surface area (Å²) in [4.78, 5) is 179. The van der Waals surface area contributed by atoms with Crippen molar-refractivity contribution in [3.05, 3.63) is 0 Å². The van der Waals surface area contributed by atoms with Gasteiger partial charge in [-0.25, -0.2) is 0 Å². The van der Waals surface area contributed by atoms with Crippen molar-refractivity contribution in [2.45, 2.75) is 0 Å². The van der Waals surface area contributed by atoms with E-state index >= 15 is 0 Å². The molecule has 0 unspecified atom stereocenters. The monoisotopic (exact) mass is 1950 g/mol. The molecular weight excluding hydrogens is 1940 g/mol. The van der Waals surface area contributed by atoms with Crippen molar-refractivity contribution in [1.29, 1.82) is 0 Å². The second kappa shape index (κ2) is 99.6. The molecule has 0 saturated carbocycles. The van der Waals surface area contributed by atoms with E-state index in [4.69, 9.17) is 198 Å². The molecular formula is C20Cd8K4O40. The van der Waals surface area contributed by atoms with Gasteiger partial charge in [0.25, 0.3) is 0 Å². The number of carbonyl (C=O) groups is 20. The van der Waals surface area contributed by atoms with E-state index in [0.717, 1.165) is 0 Å². The fourth-order valence-electron chi connectivity index (χ4n) is 0. The summed E-state index contributed by atoms with van der Waals surface area (Å²) in [6.45, 7) is 0. The normalized spacial score (nSPS) is 6.11. The zero-order chi connectivity index (χ0) is 51.5. The van der Waals surface area contributed by atoms with Crippen molar-refractivity contribution in [2.75, 3.05) is 0 Å². The molecule has 0 aliphatic heterocycles. The molecule has 0 atom stereocenters. The molecule has 0 spiro atoms. The molecule has 0 fully saturated rings. The zero-order valence-electron chi connectivity index (χ0n) is 36.0. The Balaban J connectivity index is -0.0000000189. The van der Waals surface area contributed by atoms with Crippen LogP contribution in [0.25, 0.3) is 0 Å². The SMILES string of the molecule is O=C([O-])C(=O)[O-].O=C([O-])C(=O)[O-].O=C([O-])C(=O)[O-].O=C([O-])C(=O)[O-].O=C([O-])C(=O)[O-].O=C([O-])C(=O)[O-].O=C([O-])C(=O)[O-].O=C([O-])C(=O)[O-].O=C([O-])C(=O)[O-].O=C([O-])C(=O)[O-].[Cd+2].[Cd+2].[Cd+2].[Cd+2].[Cd+2].[Cd+2].[Cd+2].[Cd+2].[K+].[K+].[K+].[K+]. The Morgan fingerprint density at radius 3 is 0.125 bits per heavy atom. The first-order valence-electron chi connectivity index (χ1n) is 10.7. The second-order valence-corrected chi connectivity index (χ2v) is 5.75. The Morgan fingerprint density at radius 2 is 0.125 bits per heavy atom. The third-order valence-corrected chi connectivity index (χ3v) is 1.67. The minimum Gasteiger partial charge on any atom is -0.543 e. The maximum atomic E-state index is 8.93. The van der Waals surface area contributed by atoms with Crippen LogP contribution in [0, 0.1) is 0 Å². The Morgan fingerprint density at radius 1 is 0.111 bits per heavy atom. The van der Waals surface area contributed by atoms with Gasteiger partial charge in [-0.1, -0.05) is 0 Å². The van der Waals surface area contributed by atoms with Crippen LogP contribution in [0.15, 0.2) is 0 Å². The van der Waals surface area contributed by atoms with E-state index in [1.807, 2.05) is 0 Å². The Hall–Kier alpha value is 3.32. The van der Waals surface area contributed by atoms with E-state index in [2.05, 4.69) is 0 Å². The molecule has 340 valence electrons. The van der Waals surface area contributed by atoms with Gasteiger partial charge in [-0.05, 0) is 0 Å². The van der Waals surface area contributed by atoms with Crippen LogP contribution in [0.4, 0.5) is 0 Å². The molecule has 0 aliphatic carbocycles. The average molecular weight is 1940 g/mol. The fraction of sp³-hybridized carbons (Fsp3) is 0. The van der Waals surface area contributed by atoms with Crippen LogP contribution in [0.3, 0.4) is 0 Å². The molecule has 0 rings (SSSR count).